The van der Waals surface area contributed by atoms with Crippen molar-refractivity contribution in [1.82, 2.24) is 29.7 Å². The van der Waals surface area contributed by atoms with Crippen molar-refractivity contribution in [3.05, 3.63) is 24.8 Å². The quantitative estimate of drug-likeness (QED) is 0.654. The number of aromatic nitrogens is 6. The van der Waals surface area contributed by atoms with Crippen molar-refractivity contribution in [3.8, 4) is 5.88 Å². The van der Waals surface area contributed by atoms with E-state index in [0.717, 1.165) is 31.7 Å². The van der Waals surface area contributed by atoms with Crippen molar-refractivity contribution in [2.75, 3.05) is 30.4 Å². The topological polar surface area (TPSA) is 93.9 Å². The maximum absolute atomic E-state index is 12.7. The Kier molecular flexibility index (Phi) is 4.80. The van der Waals surface area contributed by atoms with Crippen LogP contribution in [-0.4, -0.2) is 62.4 Å². The van der Waals surface area contributed by atoms with Crippen molar-refractivity contribution in [2.45, 2.75) is 31.9 Å². The second-order valence-electron chi connectivity index (χ2n) is 7.84. The number of nitrogens with zero attached hydrogens (tertiary/aromatic N) is 7. The van der Waals surface area contributed by atoms with Crippen LogP contribution in [0.5, 0.6) is 5.88 Å². The van der Waals surface area contributed by atoms with Crippen molar-refractivity contribution in [3.63, 3.8) is 0 Å². The minimum atomic E-state index is -2.49. The lowest BCUT2D eigenvalue weighted by Crippen LogP contribution is -2.26. The van der Waals surface area contributed by atoms with E-state index in [1.807, 2.05) is 0 Å². The van der Waals surface area contributed by atoms with E-state index < -0.39 is 13.0 Å². The summed E-state index contributed by atoms with van der Waals surface area (Å²) in [5.41, 5.74) is 0.892. The molecule has 4 heterocycles. The van der Waals surface area contributed by atoms with Gasteiger partial charge in [-0.25, -0.2) is 33.4 Å². The molecule has 1 saturated heterocycles. The van der Waals surface area contributed by atoms with Crippen molar-refractivity contribution >= 4 is 22.8 Å². The molecule has 1 saturated carbocycles. The molecule has 158 valence electrons. The average Bonchev–Trinajstić information content (AvgIpc) is 3.41. The number of methoxy groups -OCH3 is 1. The van der Waals surface area contributed by atoms with E-state index >= 15 is 0 Å². The second kappa shape index (κ2) is 7.62. The van der Waals surface area contributed by atoms with E-state index in [4.69, 9.17) is 4.74 Å². The van der Waals surface area contributed by atoms with E-state index in [-0.39, 0.29) is 6.04 Å². The lowest BCUT2D eigenvalue weighted by molar-refractivity contribution is 0.123. The van der Waals surface area contributed by atoms with Crippen LogP contribution in [0.3, 0.4) is 0 Å². The molecule has 3 atom stereocenters. The Morgan fingerprint density at radius 1 is 1.10 bits per heavy atom. The summed E-state index contributed by atoms with van der Waals surface area (Å²) in [4.78, 5) is 19.7. The number of hydrogen-bond acceptors (Lipinski definition) is 8. The summed E-state index contributed by atoms with van der Waals surface area (Å²) >= 11 is 0. The summed E-state index contributed by atoms with van der Waals surface area (Å²) in [5, 5.41) is 7.40. The van der Waals surface area contributed by atoms with Gasteiger partial charge in [0.1, 0.15) is 23.7 Å². The molecule has 1 aliphatic heterocycles. The fraction of sp³-hybridized carbons (Fsp3) is 0.526. The molecule has 0 aromatic carbocycles. The maximum Gasteiger partial charge on any atom is 0.258 e. The Hall–Kier alpha value is -3.11. The standard InChI is InChI=1S/C19H22F2N8O/c1-30-18-7-23-17(6-24-18)28-8-11-2-13(3-12(11)9-28)26-16-5-22-14-4-25-29(10-15(20)21)19(14)27-16/h4-7,11-13,15H,2-3,8-10H2,1H3,(H,26,27)/t11-,12+,13+. The van der Waals surface area contributed by atoms with E-state index in [0.29, 0.717) is 34.7 Å². The van der Waals surface area contributed by atoms with Crippen molar-refractivity contribution in [2.24, 2.45) is 11.8 Å². The molecule has 1 aliphatic carbocycles. The van der Waals surface area contributed by atoms with E-state index in [1.165, 1.54) is 10.9 Å². The monoisotopic (exact) mass is 416 g/mol. The predicted molar refractivity (Wildman–Crippen MR) is 106 cm³/mol. The Morgan fingerprint density at radius 2 is 1.90 bits per heavy atom. The zero-order valence-electron chi connectivity index (χ0n) is 16.4. The first kappa shape index (κ1) is 18.9. The summed E-state index contributed by atoms with van der Waals surface area (Å²) in [6, 6.07) is 0.280. The van der Waals surface area contributed by atoms with Crippen LogP contribution in [0, 0.1) is 11.8 Å². The summed E-state index contributed by atoms with van der Waals surface area (Å²) in [6.45, 7) is 1.39. The zero-order valence-corrected chi connectivity index (χ0v) is 16.4. The third-order valence-corrected chi connectivity index (χ3v) is 5.91. The van der Waals surface area contributed by atoms with Gasteiger partial charge in [-0.15, -0.1) is 0 Å². The van der Waals surface area contributed by atoms with Gasteiger partial charge in [0.05, 0.1) is 31.9 Å². The number of fused-ring (bicyclic) bond motifs is 2. The third-order valence-electron chi connectivity index (χ3n) is 5.91. The van der Waals surface area contributed by atoms with Gasteiger partial charge < -0.3 is 15.0 Å². The Balaban J connectivity index is 1.22. The number of alkyl halides is 2. The first-order valence-electron chi connectivity index (χ1n) is 9.93. The number of ether oxygens (including phenoxy) is 1. The van der Waals surface area contributed by atoms with Gasteiger partial charge in [-0.1, -0.05) is 0 Å². The molecule has 9 nitrogen and oxygen atoms in total. The lowest BCUT2D eigenvalue weighted by Gasteiger charge is -2.20. The summed E-state index contributed by atoms with van der Waals surface area (Å²) in [7, 11) is 1.58. The van der Waals surface area contributed by atoms with Gasteiger partial charge in [0, 0.05) is 19.1 Å². The summed E-state index contributed by atoms with van der Waals surface area (Å²) in [5.74, 6) is 3.11. The highest BCUT2D eigenvalue weighted by molar-refractivity contribution is 5.71. The summed E-state index contributed by atoms with van der Waals surface area (Å²) < 4.78 is 31.7. The Labute approximate surface area is 171 Å². The van der Waals surface area contributed by atoms with Gasteiger partial charge in [-0.2, -0.15) is 5.10 Å². The minimum Gasteiger partial charge on any atom is -0.480 e. The first-order valence-corrected chi connectivity index (χ1v) is 9.93. The number of nitrogens with one attached hydrogen (secondary N) is 1. The fourth-order valence-electron chi connectivity index (χ4n) is 4.57. The number of anilines is 2. The molecule has 2 fully saturated rings. The summed E-state index contributed by atoms with van der Waals surface area (Å²) in [6.07, 6.45) is 6.04. The lowest BCUT2D eigenvalue weighted by atomic mass is 10.0. The zero-order chi connectivity index (χ0) is 20.7. The van der Waals surface area contributed by atoms with E-state index in [9.17, 15) is 8.78 Å². The minimum absolute atomic E-state index is 0.280. The van der Waals surface area contributed by atoms with Gasteiger partial charge in [-0.05, 0) is 24.7 Å². The highest BCUT2D eigenvalue weighted by Crippen LogP contribution is 2.40. The number of hydrogen-bond donors (Lipinski definition) is 1. The largest absolute Gasteiger partial charge is 0.480 e. The molecule has 2 aliphatic rings. The number of rotatable bonds is 6. The molecule has 1 N–H and O–H groups in total. The molecule has 3 aromatic rings. The second-order valence-corrected chi connectivity index (χ2v) is 7.84. The molecule has 0 radical (unpaired) electrons. The van der Waals surface area contributed by atoms with Gasteiger partial charge >= 0.3 is 0 Å². The predicted octanol–water partition coefficient (Wildman–Crippen LogP) is 2.22. The van der Waals surface area contributed by atoms with Crippen LogP contribution >= 0.6 is 0 Å². The van der Waals surface area contributed by atoms with Crippen LogP contribution in [0.1, 0.15) is 12.8 Å². The Bertz CT molecular complexity index is 1010. The van der Waals surface area contributed by atoms with E-state index in [1.54, 1.807) is 25.7 Å². The molecule has 3 aromatic heterocycles. The third kappa shape index (κ3) is 3.59. The fourth-order valence-corrected chi connectivity index (χ4v) is 4.57. The van der Waals surface area contributed by atoms with Crippen LogP contribution in [0.2, 0.25) is 0 Å². The van der Waals surface area contributed by atoms with Crippen LogP contribution in [0.15, 0.2) is 24.8 Å². The highest BCUT2D eigenvalue weighted by atomic mass is 19.3. The Morgan fingerprint density at radius 3 is 2.57 bits per heavy atom. The molecule has 0 unspecified atom stereocenters. The maximum atomic E-state index is 12.7. The van der Waals surface area contributed by atoms with E-state index in [2.05, 4.69) is 35.3 Å². The molecular formula is C19H22F2N8O. The van der Waals surface area contributed by atoms with Gasteiger partial charge in [0.15, 0.2) is 5.65 Å². The normalized spacial score (nSPS) is 23.3. The molecule has 0 bridgehead atoms. The molecule has 5 rings (SSSR count). The van der Waals surface area contributed by atoms with Gasteiger partial charge in [0.25, 0.3) is 6.43 Å². The molecule has 11 heteroatoms. The SMILES string of the molecule is COc1cnc(N2C[C@H]3C[C@H](Nc4cnc5cnn(CC(F)F)c5n4)C[C@H]3C2)cn1. The van der Waals surface area contributed by atoms with Crippen molar-refractivity contribution < 1.29 is 13.5 Å². The highest BCUT2D eigenvalue weighted by Gasteiger charge is 2.41. The van der Waals surface area contributed by atoms with Gasteiger partial charge in [0.2, 0.25) is 5.88 Å². The van der Waals surface area contributed by atoms with Crippen LogP contribution in [0.4, 0.5) is 20.4 Å². The molecule has 0 amide bonds. The molecular weight excluding hydrogens is 394 g/mol. The average molecular weight is 416 g/mol. The number of halogens is 2. The van der Waals surface area contributed by atoms with Crippen LogP contribution in [-0.2, 0) is 6.54 Å². The smallest absolute Gasteiger partial charge is 0.258 e. The van der Waals surface area contributed by atoms with Crippen LogP contribution in [0.25, 0.3) is 11.2 Å². The molecule has 30 heavy (non-hydrogen) atoms. The first-order chi connectivity index (χ1) is 14.6. The molecule has 0 spiro atoms. The van der Waals surface area contributed by atoms with Crippen molar-refractivity contribution in [1.29, 1.82) is 0 Å². The van der Waals surface area contributed by atoms with Crippen LogP contribution < -0.4 is 15.0 Å². The van der Waals surface area contributed by atoms with Gasteiger partial charge in [-0.3, -0.25) is 0 Å².